The molecule has 0 atom stereocenters. The third kappa shape index (κ3) is 4.82. The molecule has 0 aliphatic rings. The van der Waals surface area contributed by atoms with Gasteiger partial charge in [-0.25, -0.2) is 4.39 Å². The molecule has 2 aromatic rings. The van der Waals surface area contributed by atoms with Crippen LogP contribution in [0, 0.1) is 17.1 Å². The molecule has 0 fully saturated rings. The Morgan fingerprint density at radius 1 is 1.23 bits per heavy atom. The summed E-state index contributed by atoms with van der Waals surface area (Å²) in [6.07, 6.45) is -3.98. The fourth-order valence-electron chi connectivity index (χ4n) is 2.06. The molecule has 0 bridgehead atoms. The van der Waals surface area contributed by atoms with Gasteiger partial charge in [-0.05, 0) is 44.2 Å². The minimum absolute atomic E-state index is 0.171. The van der Waals surface area contributed by atoms with Crippen LogP contribution in [0.2, 0.25) is 0 Å². The number of nitriles is 1. The second-order valence-electron chi connectivity index (χ2n) is 6.01. The van der Waals surface area contributed by atoms with E-state index in [4.69, 9.17) is 5.26 Å². The van der Waals surface area contributed by atoms with Crippen LogP contribution in [0.15, 0.2) is 41.4 Å². The number of halogens is 4. The van der Waals surface area contributed by atoms with Crippen molar-refractivity contribution >= 4 is 17.5 Å². The first-order chi connectivity index (χ1) is 12.0. The number of Topliss-reactive ketones (excluding diaryl/α,β-unsaturated/α-hetero) is 1. The third-order valence-corrected chi connectivity index (χ3v) is 4.88. The summed E-state index contributed by atoms with van der Waals surface area (Å²) in [6, 6.07) is 7.80. The number of thioether (sulfide) groups is 1. The third-order valence-electron chi connectivity index (χ3n) is 3.59. The molecule has 1 aromatic heterocycles. The van der Waals surface area contributed by atoms with Crippen LogP contribution in [0.1, 0.15) is 30.7 Å². The van der Waals surface area contributed by atoms with Crippen LogP contribution in [0.4, 0.5) is 17.6 Å². The number of nitrogens with zero attached hydrogens (tertiary/aromatic N) is 2. The summed E-state index contributed by atoms with van der Waals surface area (Å²) in [4.78, 5) is 16.4. The van der Waals surface area contributed by atoms with E-state index in [0.717, 1.165) is 30.0 Å². The van der Waals surface area contributed by atoms with Crippen molar-refractivity contribution in [3.05, 3.63) is 59.2 Å². The molecule has 0 saturated heterocycles. The van der Waals surface area contributed by atoms with E-state index in [1.807, 2.05) is 6.07 Å². The van der Waals surface area contributed by atoms with E-state index >= 15 is 0 Å². The highest BCUT2D eigenvalue weighted by molar-refractivity contribution is 8.01. The van der Waals surface area contributed by atoms with Crippen molar-refractivity contribution < 1.29 is 22.4 Å². The Hall–Kier alpha value is -2.40. The van der Waals surface area contributed by atoms with Gasteiger partial charge in [-0.2, -0.15) is 18.4 Å². The van der Waals surface area contributed by atoms with E-state index in [2.05, 4.69) is 4.98 Å². The summed E-state index contributed by atoms with van der Waals surface area (Å²) >= 11 is 0.985. The predicted octanol–water partition coefficient (Wildman–Crippen LogP) is 4.79. The van der Waals surface area contributed by atoms with E-state index in [-0.39, 0.29) is 28.4 Å². The molecule has 0 unspecified atom stereocenters. The summed E-state index contributed by atoms with van der Waals surface area (Å²) < 4.78 is 50.6. The van der Waals surface area contributed by atoms with Crippen molar-refractivity contribution in [2.45, 2.75) is 36.1 Å². The average molecular weight is 382 g/mol. The molecule has 136 valence electrons. The molecule has 0 aliphatic carbocycles. The molecule has 1 aromatic carbocycles. The molecule has 1 heterocycles. The number of carbonyl (C=O) groups is 1. The zero-order valence-corrected chi connectivity index (χ0v) is 14.7. The quantitative estimate of drug-likeness (QED) is 0.551. The molecule has 0 radical (unpaired) electrons. The Morgan fingerprint density at radius 3 is 2.42 bits per heavy atom. The Balaban J connectivity index is 2.11. The minimum atomic E-state index is -4.49. The first-order valence-corrected chi connectivity index (χ1v) is 8.28. The van der Waals surface area contributed by atoms with Crippen LogP contribution in [0.3, 0.4) is 0 Å². The van der Waals surface area contributed by atoms with Gasteiger partial charge in [-0.15, -0.1) is 11.8 Å². The van der Waals surface area contributed by atoms with Gasteiger partial charge in [-0.1, -0.05) is 0 Å². The number of hydrogen-bond donors (Lipinski definition) is 0. The first-order valence-electron chi connectivity index (χ1n) is 7.47. The standard InChI is InChI=1S/C18H14F4N2OS/c1-17(2,26-15-6-3-11(9-23)7-14(15)19)16(25)8-13-5-4-12(10-24-13)18(20,21)22/h3-7,10H,8H2,1-2H3. The lowest BCUT2D eigenvalue weighted by Crippen LogP contribution is -2.29. The molecule has 26 heavy (non-hydrogen) atoms. The number of carbonyl (C=O) groups excluding carboxylic acids is 1. The van der Waals surface area contributed by atoms with Crippen LogP contribution >= 0.6 is 11.8 Å². The van der Waals surface area contributed by atoms with Crippen LogP contribution in [-0.4, -0.2) is 15.5 Å². The molecule has 8 heteroatoms. The molecule has 0 spiro atoms. The van der Waals surface area contributed by atoms with Crippen molar-refractivity contribution in [3.8, 4) is 6.07 Å². The highest BCUT2D eigenvalue weighted by Gasteiger charge is 2.32. The van der Waals surface area contributed by atoms with E-state index < -0.39 is 22.3 Å². The molecular formula is C18H14F4N2OS. The van der Waals surface area contributed by atoms with Crippen LogP contribution in [-0.2, 0) is 17.4 Å². The Labute approximate surface area is 152 Å². The van der Waals surface area contributed by atoms with Crippen molar-refractivity contribution in [1.82, 2.24) is 4.98 Å². The van der Waals surface area contributed by atoms with Gasteiger partial charge in [0.1, 0.15) is 5.82 Å². The smallest absolute Gasteiger partial charge is 0.298 e. The average Bonchev–Trinajstić information content (AvgIpc) is 2.56. The van der Waals surface area contributed by atoms with Gasteiger partial charge in [-0.3, -0.25) is 9.78 Å². The number of hydrogen-bond acceptors (Lipinski definition) is 4. The van der Waals surface area contributed by atoms with Crippen molar-refractivity contribution in [3.63, 3.8) is 0 Å². The monoisotopic (exact) mass is 382 g/mol. The van der Waals surface area contributed by atoms with Gasteiger partial charge in [0.25, 0.3) is 0 Å². The van der Waals surface area contributed by atoms with Crippen LogP contribution in [0.5, 0.6) is 0 Å². The maximum atomic E-state index is 14.0. The van der Waals surface area contributed by atoms with E-state index in [0.29, 0.717) is 6.20 Å². The van der Waals surface area contributed by atoms with Gasteiger partial charge < -0.3 is 0 Å². The van der Waals surface area contributed by atoms with Crippen molar-refractivity contribution in [2.24, 2.45) is 0 Å². The Kier molecular flexibility index (Phi) is 5.71. The number of aromatic nitrogens is 1. The number of ketones is 1. The fourth-order valence-corrected chi connectivity index (χ4v) is 3.09. The van der Waals surface area contributed by atoms with Gasteiger partial charge in [0.05, 0.1) is 28.4 Å². The van der Waals surface area contributed by atoms with E-state index in [1.54, 1.807) is 13.8 Å². The molecule has 0 aliphatic heterocycles. The zero-order valence-electron chi connectivity index (χ0n) is 13.9. The topological polar surface area (TPSA) is 53.8 Å². The predicted molar refractivity (Wildman–Crippen MR) is 89.0 cm³/mol. The molecule has 0 N–H and O–H groups in total. The maximum Gasteiger partial charge on any atom is 0.417 e. The maximum absolute atomic E-state index is 14.0. The lowest BCUT2D eigenvalue weighted by Gasteiger charge is -2.22. The highest BCUT2D eigenvalue weighted by atomic mass is 32.2. The minimum Gasteiger partial charge on any atom is -0.298 e. The molecular weight excluding hydrogens is 368 g/mol. The lowest BCUT2D eigenvalue weighted by atomic mass is 10.0. The summed E-state index contributed by atoms with van der Waals surface area (Å²) in [7, 11) is 0. The van der Waals surface area contributed by atoms with Gasteiger partial charge in [0.15, 0.2) is 5.78 Å². The molecule has 0 amide bonds. The SMILES string of the molecule is CC(C)(Sc1ccc(C#N)cc1F)C(=O)Cc1ccc(C(F)(F)F)cn1. The van der Waals surface area contributed by atoms with E-state index in [1.165, 1.54) is 12.1 Å². The zero-order chi connectivity index (χ0) is 19.5. The summed E-state index contributed by atoms with van der Waals surface area (Å²) in [6.45, 7) is 3.20. The second kappa shape index (κ2) is 7.46. The number of alkyl halides is 3. The largest absolute Gasteiger partial charge is 0.417 e. The van der Waals surface area contributed by atoms with E-state index in [9.17, 15) is 22.4 Å². The lowest BCUT2D eigenvalue weighted by molar-refractivity contribution is -0.137. The molecule has 0 saturated carbocycles. The van der Waals surface area contributed by atoms with Crippen molar-refractivity contribution in [1.29, 1.82) is 5.26 Å². The summed E-state index contributed by atoms with van der Waals surface area (Å²) in [5.41, 5.74) is -0.510. The van der Waals surface area contributed by atoms with Gasteiger partial charge in [0, 0.05) is 16.8 Å². The second-order valence-corrected chi connectivity index (χ2v) is 7.67. The Morgan fingerprint density at radius 2 is 1.92 bits per heavy atom. The highest BCUT2D eigenvalue weighted by Crippen LogP contribution is 2.36. The normalized spacial score (nSPS) is 11.9. The van der Waals surface area contributed by atoms with Crippen molar-refractivity contribution in [2.75, 3.05) is 0 Å². The first kappa shape index (κ1) is 19.9. The summed E-state index contributed by atoms with van der Waals surface area (Å²) in [5, 5.41) is 8.75. The van der Waals surface area contributed by atoms with Gasteiger partial charge >= 0.3 is 6.18 Å². The molecule has 2 rings (SSSR count). The number of rotatable bonds is 5. The number of pyridine rings is 1. The van der Waals surface area contributed by atoms with Gasteiger partial charge in [0.2, 0.25) is 0 Å². The number of benzene rings is 1. The Bertz CT molecular complexity index is 855. The molecule has 3 nitrogen and oxygen atoms in total. The summed E-state index contributed by atoms with van der Waals surface area (Å²) in [5.74, 6) is -0.916. The van der Waals surface area contributed by atoms with Crippen LogP contribution < -0.4 is 0 Å². The van der Waals surface area contributed by atoms with Crippen LogP contribution in [0.25, 0.3) is 0 Å². The fraction of sp³-hybridized carbons (Fsp3) is 0.278.